The van der Waals surface area contributed by atoms with Gasteiger partial charge in [-0.05, 0) is 76.2 Å². The Bertz CT molecular complexity index is 1360. The molecule has 2 atom stereocenters. The molecule has 2 aromatic rings. The number of benzene rings is 1. The molecule has 0 radical (unpaired) electrons. The summed E-state index contributed by atoms with van der Waals surface area (Å²) in [4.78, 5) is 18.9. The first-order valence-corrected chi connectivity index (χ1v) is 15.3. The quantitative estimate of drug-likeness (QED) is 0.459. The van der Waals surface area contributed by atoms with Crippen molar-refractivity contribution in [2.24, 2.45) is 0 Å². The number of allylic oxidation sites excluding steroid dienone is 1. The first-order valence-electron chi connectivity index (χ1n) is 14.9. The number of ether oxygens (including phenoxy) is 1. The number of piperazine rings is 1. The average molecular weight is 580 g/mol. The van der Waals surface area contributed by atoms with Crippen molar-refractivity contribution in [2.45, 2.75) is 70.5 Å². The molecule has 1 aliphatic carbocycles. The monoisotopic (exact) mass is 579 g/mol. The average Bonchev–Trinajstić information content (AvgIpc) is 3.60. The molecule has 41 heavy (non-hydrogen) atoms. The Balaban J connectivity index is 1.32. The molecular weight excluding hydrogens is 541 g/mol. The second-order valence-corrected chi connectivity index (χ2v) is 12.2. The van der Waals surface area contributed by atoms with Gasteiger partial charge in [-0.15, -0.1) is 0 Å². The molecule has 1 aromatic heterocycles. The van der Waals surface area contributed by atoms with Crippen molar-refractivity contribution in [2.75, 3.05) is 56.2 Å². The lowest BCUT2D eigenvalue weighted by Crippen LogP contribution is -2.51. The van der Waals surface area contributed by atoms with E-state index in [-0.39, 0.29) is 11.9 Å². The van der Waals surface area contributed by atoms with Crippen molar-refractivity contribution in [1.82, 2.24) is 19.8 Å². The van der Waals surface area contributed by atoms with Gasteiger partial charge in [0, 0.05) is 44.0 Å². The van der Waals surface area contributed by atoms with Crippen molar-refractivity contribution >= 4 is 23.1 Å². The third kappa shape index (κ3) is 5.82. The molecule has 0 saturated carbocycles. The predicted octanol–water partition coefficient (Wildman–Crippen LogP) is 4.89. The molecule has 2 fully saturated rings. The summed E-state index contributed by atoms with van der Waals surface area (Å²) in [6, 6.07) is 7.15. The summed E-state index contributed by atoms with van der Waals surface area (Å²) in [6.45, 7) is 6.45. The van der Waals surface area contributed by atoms with Gasteiger partial charge in [0.15, 0.2) is 0 Å². The predicted molar refractivity (Wildman–Crippen MR) is 159 cm³/mol. The summed E-state index contributed by atoms with van der Waals surface area (Å²) < 4.78 is 20.1. The van der Waals surface area contributed by atoms with Gasteiger partial charge in [0.1, 0.15) is 18.3 Å². The van der Waals surface area contributed by atoms with E-state index in [0.29, 0.717) is 51.3 Å². The molecule has 2 saturated heterocycles. The summed E-state index contributed by atoms with van der Waals surface area (Å²) >= 11 is 6.81. The molecule has 8 nitrogen and oxygen atoms in total. The van der Waals surface area contributed by atoms with E-state index in [1.807, 2.05) is 11.0 Å². The second kappa shape index (κ2) is 12.0. The standard InChI is InChI=1S/C31H39ClFN7O/c1-21(33)17-38-15-16-40(18-23(38)10-12-34)30-26-11-14-39(29-25-7-3-5-22(25)8-9-27(29)32)19-28(26)35-31(36-30)41-20-24-6-4-13-37(24)2/h8-9,17,23-24H,3-7,10-11,13-16,18-20H2,1-2H3/t23-,24+/m1/s1. The number of aryl methyl sites for hydroxylation is 1. The lowest BCUT2D eigenvalue weighted by atomic mass is 10.0. The Morgan fingerprint density at radius 2 is 1.98 bits per heavy atom. The zero-order valence-corrected chi connectivity index (χ0v) is 24.8. The van der Waals surface area contributed by atoms with E-state index < -0.39 is 0 Å². The highest BCUT2D eigenvalue weighted by Crippen LogP contribution is 2.40. The van der Waals surface area contributed by atoms with Gasteiger partial charge >= 0.3 is 6.01 Å². The lowest BCUT2D eigenvalue weighted by Gasteiger charge is -2.42. The van der Waals surface area contributed by atoms with E-state index in [1.165, 1.54) is 37.1 Å². The number of fused-ring (bicyclic) bond motifs is 2. The molecule has 0 N–H and O–H groups in total. The van der Waals surface area contributed by atoms with Crippen molar-refractivity contribution in [3.8, 4) is 12.1 Å². The number of likely N-dealkylation sites (N-methyl/N-ethyl adjacent to an activating group) is 1. The Morgan fingerprint density at radius 1 is 1.10 bits per heavy atom. The number of rotatable bonds is 7. The van der Waals surface area contributed by atoms with Crippen LogP contribution in [-0.2, 0) is 25.8 Å². The van der Waals surface area contributed by atoms with Crippen molar-refractivity contribution in [3.63, 3.8) is 0 Å². The molecule has 0 amide bonds. The summed E-state index contributed by atoms with van der Waals surface area (Å²) in [6.07, 6.45) is 8.26. The topological polar surface area (TPSA) is 71.8 Å². The lowest BCUT2D eigenvalue weighted by molar-refractivity contribution is 0.187. The maximum Gasteiger partial charge on any atom is 0.318 e. The molecule has 6 rings (SSSR count). The largest absolute Gasteiger partial charge is 0.462 e. The molecule has 0 spiro atoms. The minimum Gasteiger partial charge on any atom is -0.462 e. The fourth-order valence-electron chi connectivity index (χ4n) is 6.97. The number of anilines is 2. The number of likely N-dealkylation sites (tertiary alicyclic amines) is 1. The van der Waals surface area contributed by atoms with E-state index in [4.69, 9.17) is 26.3 Å². The summed E-state index contributed by atoms with van der Waals surface area (Å²) in [5.74, 6) is 0.636. The van der Waals surface area contributed by atoms with Gasteiger partial charge in [-0.25, -0.2) is 4.39 Å². The zero-order chi connectivity index (χ0) is 28.5. The van der Waals surface area contributed by atoms with Crippen LogP contribution in [0.25, 0.3) is 0 Å². The highest BCUT2D eigenvalue weighted by atomic mass is 35.5. The molecule has 4 heterocycles. The van der Waals surface area contributed by atoms with Gasteiger partial charge in [-0.2, -0.15) is 15.2 Å². The molecule has 218 valence electrons. The van der Waals surface area contributed by atoms with Crippen LogP contribution in [0.3, 0.4) is 0 Å². The van der Waals surface area contributed by atoms with Crippen LogP contribution in [0.15, 0.2) is 24.2 Å². The summed E-state index contributed by atoms with van der Waals surface area (Å²) in [7, 11) is 2.14. The molecule has 1 aromatic carbocycles. The van der Waals surface area contributed by atoms with Gasteiger partial charge in [-0.3, -0.25) is 0 Å². The maximum absolute atomic E-state index is 13.8. The van der Waals surface area contributed by atoms with Crippen LogP contribution in [0.1, 0.15) is 55.0 Å². The van der Waals surface area contributed by atoms with Gasteiger partial charge in [0.2, 0.25) is 0 Å². The van der Waals surface area contributed by atoms with E-state index in [9.17, 15) is 9.65 Å². The number of nitriles is 1. The van der Waals surface area contributed by atoms with Gasteiger partial charge in [-0.1, -0.05) is 17.7 Å². The SMILES string of the molecule is CC(F)=CN1CCN(c2nc(OC[C@@H]3CCCN3C)nc3c2CCN(c2c(Cl)ccc4c2CCC4)C3)C[C@H]1CC#N. The van der Waals surface area contributed by atoms with Crippen LogP contribution >= 0.6 is 11.6 Å². The van der Waals surface area contributed by atoms with Crippen LogP contribution in [0.4, 0.5) is 15.9 Å². The molecule has 10 heteroatoms. The van der Waals surface area contributed by atoms with Crippen molar-refractivity contribution in [3.05, 3.63) is 51.6 Å². The smallest absolute Gasteiger partial charge is 0.318 e. The molecule has 0 bridgehead atoms. The first-order chi connectivity index (χ1) is 19.9. The van der Waals surface area contributed by atoms with Crippen LogP contribution in [0.2, 0.25) is 5.02 Å². The van der Waals surface area contributed by atoms with Crippen LogP contribution in [-0.4, -0.2) is 78.2 Å². The van der Waals surface area contributed by atoms with E-state index >= 15 is 0 Å². The Morgan fingerprint density at radius 3 is 2.76 bits per heavy atom. The van der Waals surface area contributed by atoms with E-state index in [0.717, 1.165) is 66.6 Å². The minimum atomic E-state index is -0.250. The van der Waals surface area contributed by atoms with E-state index in [1.54, 1.807) is 0 Å². The number of nitrogens with zero attached hydrogens (tertiary/aromatic N) is 7. The van der Waals surface area contributed by atoms with Gasteiger partial charge < -0.3 is 24.3 Å². The Hall–Kier alpha value is -3.09. The van der Waals surface area contributed by atoms with Gasteiger partial charge in [0.25, 0.3) is 0 Å². The molecule has 3 aliphatic heterocycles. The maximum atomic E-state index is 13.8. The third-order valence-corrected chi connectivity index (χ3v) is 9.42. The van der Waals surface area contributed by atoms with Crippen molar-refractivity contribution in [1.29, 1.82) is 5.26 Å². The fourth-order valence-corrected chi connectivity index (χ4v) is 7.27. The zero-order valence-electron chi connectivity index (χ0n) is 24.1. The summed E-state index contributed by atoms with van der Waals surface area (Å²) in [5, 5.41) is 10.3. The van der Waals surface area contributed by atoms with Crippen LogP contribution in [0.5, 0.6) is 6.01 Å². The van der Waals surface area contributed by atoms with Crippen LogP contribution < -0.4 is 14.5 Å². The number of hydrogen-bond donors (Lipinski definition) is 0. The van der Waals surface area contributed by atoms with Crippen molar-refractivity contribution < 1.29 is 9.13 Å². The third-order valence-electron chi connectivity index (χ3n) is 9.12. The molecule has 0 unspecified atom stereocenters. The molecule has 4 aliphatic rings. The summed E-state index contributed by atoms with van der Waals surface area (Å²) in [5.41, 5.74) is 6.04. The number of halogens is 2. The Labute approximate surface area is 247 Å². The minimum absolute atomic E-state index is 0.118. The van der Waals surface area contributed by atoms with Gasteiger partial charge in [0.05, 0.1) is 41.5 Å². The van der Waals surface area contributed by atoms with Crippen LogP contribution in [0, 0.1) is 11.3 Å². The normalized spacial score (nSPS) is 23.0. The first kappa shape index (κ1) is 28.0. The number of hydrogen-bond acceptors (Lipinski definition) is 8. The highest BCUT2D eigenvalue weighted by Gasteiger charge is 2.33. The number of aromatic nitrogens is 2. The highest BCUT2D eigenvalue weighted by molar-refractivity contribution is 6.33. The molecular formula is C31H39ClFN7O. The fraction of sp³-hybridized carbons (Fsp3) is 0.581. The second-order valence-electron chi connectivity index (χ2n) is 11.8. The Kier molecular flexibility index (Phi) is 8.23. The van der Waals surface area contributed by atoms with E-state index in [2.05, 4.69) is 33.9 Å².